The van der Waals surface area contributed by atoms with E-state index in [4.69, 9.17) is 4.42 Å². The van der Waals surface area contributed by atoms with Crippen molar-refractivity contribution in [1.29, 1.82) is 0 Å². The van der Waals surface area contributed by atoms with Gasteiger partial charge in [0.2, 0.25) is 0 Å². The molecular formula is C12H11Br2NO. The minimum absolute atomic E-state index is 0.0671. The van der Waals surface area contributed by atoms with E-state index in [2.05, 4.69) is 49.3 Å². The van der Waals surface area contributed by atoms with Gasteiger partial charge in [-0.1, -0.05) is 28.1 Å². The van der Waals surface area contributed by atoms with E-state index in [1.807, 2.05) is 25.2 Å². The van der Waals surface area contributed by atoms with Crippen LogP contribution in [-0.4, -0.2) is 7.05 Å². The van der Waals surface area contributed by atoms with Crippen molar-refractivity contribution in [1.82, 2.24) is 5.32 Å². The third-order valence-corrected chi connectivity index (χ3v) is 3.58. The van der Waals surface area contributed by atoms with Crippen LogP contribution in [0.5, 0.6) is 0 Å². The minimum Gasteiger partial charge on any atom is -0.466 e. The van der Waals surface area contributed by atoms with Gasteiger partial charge in [0.15, 0.2) is 0 Å². The Balaban J connectivity index is 2.37. The number of benzene rings is 1. The molecule has 0 aliphatic heterocycles. The Hall–Kier alpha value is -0.580. The maximum absolute atomic E-state index is 5.48. The Morgan fingerprint density at radius 3 is 2.31 bits per heavy atom. The van der Waals surface area contributed by atoms with Crippen molar-refractivity contribution >= 4 is 31.9 Å². The lowest BCUT2D eigenvalue weighted by Crippen LogP contribution is -2.17. The molecule has 16 heavy (non-hydrogen) atoms. The van der Waals surface area contributed by atoms with Gasteiger partial charge in [0, 0.05) is 4.47 Å². The molecule has 0 saturated heterocycles. The molecule has 1 heterocycles. The summed E-state index contributed by atoms with van der Waals surface area (Å²) in [6.45, 7) is 0. The summed E-state index contributed by atoms with van der Waals surface area (Å²) < 4.78 is 7.54. The Bertz CT molecular complexity index is 464. The van der Waals surface area contributed by atoms with Crippen molar-refractivity contribution in [2.75, 3.05) is 7.05 Å². The Morgan fingerprint density at radius 1 is 1.12 bits per heavy atom. The van der Waals surface area contributed by atoms with Crippen LogP contribution in [0.4, 0.5) is 0 Å². The number of hydrogen-bond acceptors (Lipinski definition) is 2. The molecule has 0 bridgehead atoms. The summed E-state index contributed by atoms with van der Waals surface area (Å²) in [5, 5.41) is 3.24. The predicted octanol–water partition coefficient (Wildman–Crippen LogP) is 4.11. The molecule has 1 aromatic heterocycles. The topological polar surface area (TPSA) is 25.2 Å². The van der Waals surface area contributed by atoms with Crippen LogP contribution >= 0.6 is 31.9 Å². The highest BCUT2D eigenvalue weighted by atomic mass is 79.9. The normalized spacial score (nSPS) is 12.7. The van der Waals surface area contributed by atoms with Gasteiger partial charge in [-0.05, 0) is 46.7 Å². The molecule has 0 amide bonds. The van der Waals surface area contributed by atoms with Gasteiger partial charge in [0.1, 0.15) is 5.76 Å². The summed E-state index contributed by atoms with van der Waals surface area (Å²) in [6, 6.07) is 10.2. The number of halogens is 2. The molecule has 0 saturated carbocycles. The highest BCUT2D eigenvalue weighted by Gasteiger charge is 2.17. The zero-order chi connectivity index (χ0) is 11.5. The Labute approximate surface area is 111 Å². The van der Waals surface area contributed by atoms with E-state index in [0.29, 0.717) is 0 Å². The van der Waals surface area contributed by atoms with Crippen molar-refractivity contribution < 1.29 is 4.42 Å². The highest BCUT2D eigenvalue weighted by Crippen LogP contribution is 2.29. The highest BCUT2D eigenvalue weighted by molar-refractivity contribution is 9.10. The van der Waals surface area contributed by atoms with Gasteiger partial charge in [-0.15, -0.1) is 0 Å². The number of furan rings is 1. The summed E-state index contributed by atoms with van der Waals surface area (Å²) in [6.07, 6.45) is 1.68. The fraction of sp³-hybridized carbons (Fsp3) is 0.167. The van der Waals surface area contributed by atoms with Gasteiger partial charge in [-0.2, -0.15) is 0 Å². The standard InChI is InChI=1S/C12H11Br2NO/c1-15-11(12-10(14)6-7-16-12)8-2-4-9(13)5-3-8/h2-7,11,15H,1H3. The van der Waals surface area contributed by atoms with Crippen molar-refractivity contribution in [3.63, 3.8) is 0 Å². The molecule has 0 spiro atoms. The number of rotatable bonds is 3. The fourth-order valence-electron chi connectivity index (χ4n) is 1.62. The first-order valence-electron chi connectivity index (χ1n) is 4.88. The van der Waals surface area contributed by atoms with Gasteiger partial charge in [-0.25, -0.2) is 0 Å². The first-order chi connectivity index (χ1) is 7.72. The quantitative estimate of drug-likeness (QED) is 0.906. The van der Waals surface area contributed by atoms with Crippen LogP contribution < -0.4 is 5.32 Å². The molecule has 2 nitrogen and oxygen atoms in total. The molecule has 1 atom stereocenters. The smallest absolute Gasteiger partial charge is 0.139 e. The maximum atomic E-state index is 5.48. The average molecular weight is 345 g/mol. The lowest BCUT2D eigenvalue weighted by atomic mass is 10.1. The van der Waals surface area contributed by atoms with E-state index in [9.17, 15) is 0 Å². The second kappa shape index (κ2) is 5.17. The fourth-order valence-corrected chi connectivity index (χ4v) is 2.31. The molecule has 1 N–H and O–H groups in total. The van der Waals surface area contributed by atoms with Crippen molar-refractivity contribution in [2.24, 2.45) is 0 Å². The van der Waals surface area contributed by atoms with Gasteiger partial charge < -0.3 is 9.73 Å². The maximum Gasteiger partial charge on any atom is 0.139 e. The molecule has 0 fully saturated rings. The summed E-state index contributed by atoms with van der Waals surface area (Å²) >= 11 is 6.90. The van der Waals surface area contributed by atoms with Crippen LogP contribution in [0, 0.1) is 0 Å². The Morgan fingerprint density at radius 2 is 1.81 bits per heavy atom. The molecule has 0 aliphatic carbocycles. The molecule has 1 unspecified atom stereocenters. The summed E-state index contributed by atoms with van der Waals surface area (Å²) in [5.74, 6) is 0.893. The monoisotopic (exact) mass is 343 g/mol. The van der Waals surface area contributed by atoms with Gasteiger partial charge in [0.25, 0.3) is 0 Å². The third kappa shape index (κ3) is 2.39. The summed E-state index contributed by atoms with van der Waals surface area (Å²) in [4.78, 5) is 0. The minimum atomic E-state index is 0.0671. The third-order valence-electron chi connectivity index (χ3n) is 2.40. The van der Waals surface area contributed by atoms with Gasteiger partial charge in [-0.3, -0.25) is 0 Å². The second-order valence-corrected chi connectivity index (χ2v) is 5.18. The van der Waals surface area contributed by atoms with Crippen LogP contribution in [0.25, 0.3) is 0 Å². The van der Waals surface area contributed by atoms with E-state index in [1.165, 1.54) is 5.56 Å². The van der Waals surface area contributed by atoms with Crippen LogP contribution in [0.2, 0.25) is 0 Å². The SMILES string of the molecule is CNC(c1ccc(Br)cc1)c1occc1Br. The number of hydrogen-bond donors (Lipinski definition) is 1. The lowest BCUT2D eigenvalue weighted by molar-refractivity contribution is 0.461. The zero-order valence-corrected chi connectivity index (χ0v) is 11.9. The van der Waals surface area contributed by atoms with E-state index in [1.54, 1.807) is 6.26 Å². The van der Waals surface area contributed by atoms with Crippen molar-refractivity contribution in [2.45, 2.75) is 6.04 Å². The largest absolute Gasteiger partial charge is 0.466 e. The first kappa shape index (κ1) is 11.9. The molecule has 2 aromatic rings. The predicted molar refractivity (Wildman–Crippen MR) is 71.5 cm³/mol. The Kier molecular flexibility index (Phi) is 3.84. The van der Waals surface area contributed by atoms with E-state index >= 15 is 0 Å². The van der Waals surface area contributed by atoms with Crippen LogP contribution in [0.15, 0.2) is 50.0 Å². The van der Waals surface area contributed by atoms with Crippen molar-refractivity contribution in [3.05, 3.63) is 56.9 Å². The van der Waals surface area contributed by atoms with Gasteiger partial charge >= 0.3 is 0 Å². The van der Waals surface area contributed by atoms with Crippen LogP contribution in [0.1, 0.15) is 17.4 Å². The molecule has 1 aromatic carbocycles. The first-order valence-corrected chi connectivity index (χ1v) is 6.46. The van der Waals surface area contributed by atoms with Crippen LogP contribution in [-0.2, 0) is 0 Å². The van der Waals surface area contributed by atoms with E-state index < -0.39 is 0 Å². The zero-order valence-electron chi connectivity index (χ0n) is 8.71. The van der Waals surface area contributed by atoms with E-state index in [0.717, 1.165) is 14.7 Å². The molecule has 2 rings (SSSR count). The molecule has 0 radical (unpaired) electrons. The number of nitrogens with one attached hydrogen (secondary N) is 1. The molecular weight excluding hydrogens is 334 g/mol. The average Bonchev–Trinajstić information content (AvgIpc) is 2.69. The molecule has 84 valence electrons. The van der Waals surface area contributed by atoms with Gasteiger partial charge in [0.05, 0.1) is 16.8 Å². The molecule has 4 heteroatoms. The van der Waals surface area contributed by atoms with Crippen LogP contribution in [0.3, 0.4) is 0 Å². The summed E-state index contributed by atoms with van der Waals surface area (Å²) in [5.41, 5.74) is 1.17. The molecule has 0 aliphatic rings. The van der Waals surface area contributed by atoms with E-state index in [-0.39, 0.29) is 6.04 Å². The van der Waals surface area contributed by atoms with Crippen molar-refractivity contribution in [3.8, 4) is 0 Å². The lowest BCUT2D eigenvalue weighted by Gasteiger charge is -2.14. The second-order valence-electron chi connectivity index (χ2n) is 3.41. The summed E-state index contributed by atoms with van der Waals surface area (Å²) in [7, 11) is 1.92.